The van der Waals surface area contributed by atoms with Gasteiger partial charge >= 0.3 is 0 Å². The predicted molar refractivity (Wildman–Crippen MR) is 75.6 cm³/mol. The number of nitrogens with one attached hydrogen (secondary N) is 1. The van der Waals surface area contributed by atoms with E-state index in [9.17, 15) is 10.1 Å². The summed E-state index contributed by atoms with van der Waals surface area (Å²) in [5.41, 5.74) is 0.908. The van der Waals surface area contributed by atoms with Crippen LogP contribution in [0.5, 0.6) is 5.75 Å². The van der Waals surface area contributed by atoms with Crippen LogP contribution in [0.3, 0.4) is 0 Å². The summed E-state index contributed by atoms with van der Waals surface area (Å²) < 4.78 is 8.17. The molecule has 0 spiro atoms. The molecule has 0 bridgehead atoms. The van der Waals surface area contributed by atoms with Crippen LogP contribution in [0.4, 0.5) is 11.4 Å². The highest BCUT2D eigenvalue weighted by Gasteiger charge is 2.12. The Labute approximate surface area is 114 Å². The molecule has 0 fully saturated rings. The number of nitro benzene ring substituents is 1. The zero-order chi connectivity index (χ0) is 13.7. The summed E-state index contributed by atoms with van der Waals surface area (Å²) in [6.45, 7) is 0. The largest absolute Gasteiger partial charge is 0.497 e. The van der Waals surface area contributed by atoms with E-state index in [-0.39, 0.29) is 5.69 Å². The molecule has 0 saturated carbocycles. The maximum atomic E-state index is 10.9. The van der Waals surface area contributed by atoms with Crippen LogP contribution in [0.15, 0.2) is 53.4 Å². The van der Waals surface area contributed by atoms with Crippen molar-refractivity contribution in [1.29, 1.82) is 0 Å². The molecule has 0 aliphatic heterocycles. The first-order chi connectivity index (χ1) is 9.20. The molecule has 2 aromatic carbocycles. The summed E-state index contributed by atoms with van der Waals surface area (Å²) in [4.78, 5) is 11.0. The number of hydrogen-bond acceptors (Lipinski definition) is 5. The van der Waals surface area contributed by atoms with E-state index in [2.05, 4.69) is 4.72 Å². The Morgan fingerprint density at radius 1 is 1.21 bits per heavy atom. The zero-order valence-corrected chi connectivity index (χ0v) is 11.0. The van der Waals surface area contributed by atoms with Gasteiger partial charge in [0.2, 0.25) is 0 Å². The van der Waals surface area contributed by atoms with Gasteiger partial charge in [-0.15, -0.1) is 0 Å². The summed E-state index contributed by atoms with van der Waals surface area (Å²) in [7, 11) is 1.59. The van der Waals surface area contributed by atoms with Gasteiger partial charge in [0.15, 0.2) is 0 Å². The highest BCUT2D eigenvalue weighted by Crippen LogP contribution is 2.30. The molecule has 0 radical (unpaired) electrons. The lowest BCUT2D eigenvalue weighted by molar-refractivity contribution is -0.387. The van der Waals surface area contributed by atoms with Crippen molar-refractivity contribution >= 4 is 23.3 Å². The molecule has 6 heteroatoms. The number of methoxy groups -OCH3 is 1. The molecule has 5 nitrogen and oxygen atoms in total. The highest BCUT2D eigenvalue weighted by atomic mass is 32.2. The molecule has 0 aliphatic carbocycles. The van der Waals surface area contributed by atoms with Crippen LogP contribution in [0.2, 0.25) is 0 Å². The smallest absolute Gasteiger partial charge is 0.284 e. The van der Waals surface area contributed by atoms with Crippen LogP contribution in [0.1, 0.15) is 0 Å². The standard InChI is InChI=1S/C13H12N2O3S/c1-18-11-6-4-5-10(9-11)14-19-13-8-3-2-7-12(13)15(16)17/h2-9,14H,1H3. The van der Waals surface area contributed by atoms with Gasteiger partial charge in [-0.05, 0) is 30.1 Å². The minimum Gasteiger partial charge on any atom is -0.497 e. The van der Waals surface area contributed by atoms with Crippen LogP contribution < -0.4 is 9.46 Å². The topological polar surface area (TPSA) is 64.4 Å². The number of ether oxygens (including phenoxy) is 1. The fraction of sp³-hybridized carbons (Fsp3) is 0.0769. The number of para-hydroxylation sites is 1. The molecule has 19 heavy (non-hydrogen) atoms. The Hall–Kier alpha value is -2.21. The van der Waals surface area contributed by atoms with Gasteiger partial charge in [0.1, 0.15) is 10.6 Å². The number of benzene rings is 2. The van der Waals surface area contributed by atoms with Crippen molar-refractivity contribution in [2.75, 3.05) is 11.8 Å². The lowest BCUT2D eigenvalue weighted by Crippen LogP contribution is -1.93. The summed E-state index contributed by atoms with van der Waals surface area (Å²) in [5.74, 6) is 0.730. The van der Waals surface area contributed by atoms with Gasteiger partial charge in [-0.3, -0.25) is 10.1 Å². The molecule has 0 saturated heterocycles. The third kappa shape index (κ3) is 3.38. The van der Waals surface area contributed by atoms with E-state index in [1.165, 1.54) is 18.0 Å². The van der Waals surface area contributed by atoms with Crippen LogP contribution >= 0.6 is 11.9 Å². The molecule has 0 heterocycles. The Morgan fingerprint density at radius 3 is 2.74 bits per heavy atom. The van der Waals surface area contributed by atoms with E-state index in [4.69, 9.17) is 4.74 Å². The Kier molecular flexibility index (Phi) is 4.25. The van der Waals surface area contributed by atoms with Crippen molar-refractivity contribution in [2.45, 2.75) is 4.90 Å². The van der Waals surface area contributed by atoms with Gasteiger partial charge in [0, 0.05) is 17.8 Å². The maximum Gasteiger partial charge on any atom is 0.284 e. The van der Waals surface area contributed by atoms with E-state index in [0.717, 1.165) is 11.4 Å². The van der Waals surface area contributed by atoms with Gasteiger partial charge in [-0.2, -0.15) is 0 Å². The van der Waals surface area contributed by atoms with Crippen LogP contribution in [0.25, 0.3) is 0 Å². The SMILES string of the molecule is COc1cccc(NSc2ccccc2[N+](=O)[O-])c1. The molecule has 2 rings (SSSR count). The monoisotopic (exact) mass is 276 g/mol. The summed E-state index contributed by atoms with van der Waals surface area (Å²) in [6, 6.07) is 14.0. The number of anilines is 1. The van der Waals surface area contributed by atoms with Crippen molar-refractivity contribution in [2.24, 2.45) is 0 Å². The zero-order valence-electron chi connectivity index (χ0n) is 10.2. The average molecular weight is 276 g/mol. The lowest BCUT2D eigenvalue weighted by Gasteiger charge is -2.07. The van der Waals surface area contributed by atoms with Crippen molar-refractivity contribution in [3.63, 3.8) is 0 Å². The number of nitrogens with zero attached hydrogens (tertiary/aromatic N) is 1. The van der Waals surface area contributed by atoms with Gasteiger partial charge in [-0.25, -0.2) is 0 Å². The van der Waals surface area contributed by atoms with Gasteiger partial charge < -0.3 is 9.46 Å². The molecule has 0 amide bonds. The van der Waals surface area contributed by atoms with Crippen molar-refractivity contribution < 1.29 is 9.66 Å². The normalized spacial score (nSPS) is 9.95. The van der Waals surface area contributed by atoms with Gasteiger partial charge in [0.05, 0.1) is 12.0 Å². The van der Waals surface area contributed by atoms with E-state index < -0.39 is 4.92 Å². The molecule has 98 valence electrons. The fourth-order valence-electron chi connectivity index (χ4n) is 1.49. The minimum absolute atomic E-state index is 0.0860. The van der Waals surface area contributed by atoms with Gasteiger partial charge in [0.25, 0.3) is 5.69 Å². The Bertz CT molecular complexity index is 590. The molecule has 0 aliphatic rings. The average Bonchev–Trinajstić information content (AvgIpc) is 2.45. The van der Waals surface area contributed by atoms with E-state index in [1.807, 2.05) is 24.3 Å². The van der Waals surface area contributed by atoms with Crippen molar-refractivity contribution in [3.8, 4) is 5.75 Å². The first-order valence-corrected chi connectivity index (χ1v) is 6.32. The first kappa shape index (κ1) is 13.2. The van der Waals surface area contributed by atoms with Crippen LogP contribution in [-0.2, 0) is 0 Å². The van der Waals surface area contributed by atoms with Crippen LogP contribution in [-0.4, -0.2) is 12.0 Å². The summed E-state index contributed by atoms with van der Waals surface area (Å²) >= 11 is 1.20. The Balaban J connectivity index is 2.12. The number of rotatable bonds is 5. The first-order valence-electron chi connectivity index (χ1n) is 5.51. The molecular weight excluding hydrogens is 264 g/mol. The fourth-order valence-corrected chi connectivity index (χ4v) is 2.24. The Morgan fingerprint density at radius 2 is 2.00 bits per heavy atom. The van der Waals surface area contributed by atoms with Crippen molar-refractivity contribution in [1.82, 2.24) is 0 Å². The number of hydrogen-bond donors (Lipinski definition) is 1. The summed E-state index contributed by atoms with van der Waals surface area (Å²) in [5, 5.41) is 10.9. The lowest BCUT2D eigenvalue weighted by atomic mass is 10.3. The molecular formula is C13H12N2O3S. The second-order valence-electron chi connectivity index (χ2n) is 3.66. The molecule has 0 atom stereocenters. The number of nitro groups is 1. The van der Waals surface area contributed by atoms with E-state index >= 15 is 0 Å². The second-order valence-corrected chi connectivity index (χ2v) is 4.51. The molecule has 1 N–H and O–H groups in total. The molecule has 2 aromatic rings. The maximum absolute atomic E-state index is 10.9. The third-order valence-electron chi connectivity index (χ3n) is 2.41. The highest BCUT2D eigenvalue weighted by molar-refractivity contribution is 8.00. The second kappa shape index (κ2) is 6.10. The van der Waals surface area contributed by atoms with Crippen LogP contribution in [0, 0.1) is 10.1 Å². The van der Waals surface area contributed by atoms with E-state index in [0.29, 0.717) is 4.90 Å². The third-order valence-corrected chi connectivity index (χ3v) is 3.31. The minimum atomic E-state index is -0.393. The molecule has 0 aromatic heterocycles. The van der Waals surface area contributed by atoms with Gasteiger partial charge in [-0.1, -0.05) is 18.2 Å². The molecule has 0 unspecified atom stereocenters. The quantitative estimate of drug-likeness (QED) is 0.512. The summed E-state index contributed by atoms with van der Waals surface area (Å²) in [6.07, 6.45) is 0. The van der Waals surface area contributed by atoms with Crippen molar-refractivity contribution in [3.05, 3.63) is 58.6 Å². The van der Waals surface area contributed by atoms with E-state index in [1.54, 1.807) is 25.3 Å². The predicted octanol–water partition coefficient (Wildman–Crippen LogP) is 3.72.